The maximum Gasteiger partial charge on any atom is 0.152 e. The van der Waals surface area contributed by atoms with Gasteiger partial charge >= 0.3 is 0 Å². The van der Waals surface area contributed by atoms with Crippen LogP contribution in [-0.4, -0.2) is 24.7 Å². The van der Waals surface area contributed by atoms with Gasteiger partial charge in [0.2, 0.25) is 0 Å². The number of rotatable bonds is 4. The molecule has 0 atom stereocenters. The fraction of sp³-hybridized carbons (Fsp3) is 0.625. The Morgan fingerprint density at radius 3 is 2.68 bits per heavy atom. The molecule has 0 aromatic carbocycles. The Morgan fingerprint density at radius 1 is 1.14 bits per heavy atom. The van der Waals surface area contributed by atoms with Crippen LogP contribution in [0.5, 0.6) is 0 Å². The molecule has 2 heterocycles. The number of aryl methyl sites for hydroxylation is 2. The van der Waals surface area contributed by atoms with Gasteiger partial charge in [0.05, 0.1) is 6.54 Å². The zero-order valence-electron chi connectivity index (χ0n) is 13.6. The van der Waals surface area contributed by atoms with Crippen LogP contribution >= 0.6 is 0 Å². The van der Waals surface area contributed by atoms with E-state index in [0.29, 0.717) is 12.6 Å². The molecule has 2 aromatic rings. The van der Waals surface area contributed by atoms with Crippen LogP contribution in [0.1, 0.15) is 61.1 Å². The lowest BCUT2D eigenvalue weighted by atomic mass is 9.95. The van der Waals surface area contributed by atoms with Crippen LogP contribution in [0.15, 0.2) is 6.33 Å². The summed E-state index contributed by atoms with van der Waals surface area (Å²) in [7, 11) is 0. The van der Waals surface area contributed by atoms with Crippen LogP contribution in [0.2, 0.25) is 0 Å². The van der Waals surface area contributed by atoms with Gasteiger partial charge in [-0.05, 0) is 33.6 Å². The van der Waals surface area contributed by atoms with Gasteiger partial charge in [0, 0.05) is 17.3 Å². The van der Waals surface area contributed by atoms with E-state index in [2.05, 4.69) is 30.0 Å². The van der Waals surface area contributed by atoms with Crippen molar-refractivity contribution in [3.05, 3.63) is 29.2 Å². The molecule has 0 unspecified atom stereocenters. The molecule has 6 nitrogen and oxygen atoms in total. The molecule has 3 rings (SSSR count). The number of hydrogen-bond acceptors (Lipinski definition) is 5. The standard InChI is InChI=1S/C16H24N6/c1-11-12(2)19-13(3)20-16(11)17-9-15-21-18-10-22(15)14-7-5-4-6-8-14/h10,14H,4-9H2,1-3H3,(H,17,19,20). The molecule has 2 aromatic heterocycles. The van der Waals surface area contributed by atoms with Gasteiger partial charge in [-0.2, -0.15) is 0 Å². The van der Waals surface area contributed by atoms with Crippen molar-refractivity contribution in [2.75, 3.05) is 5.32 Å². The zero-order valence-corrected chi connectivity index (χ0v) is 13.6. The number of hydrogen-bond donors (Lipinski definition) is 1. The van der Waals surface area contributed by atoms with E-state index in [-0.39, 0.29) is 0 Å². The molecule has 1 fully saturated rings. The third-order valence-electron chi connectivity index (χ3n) is 4.53. The molecule has 0 spiro atoms. The lowest BCUT2D eigenvalue weighted by molar-refractivity contribution is 0.346. The molecule has 0 radical (unpaired) electrons. The average Bonchev–Trinajstić information content (AvgIpc) is 2.99. The quantitative estimate of drug-likeness (QED) is 0.939. The number of aromatic nitrogens is 5. The molecule has 118 valence electrons. The summed E-state index contributed by atoms with van der Waals surface area (Å²) in [5.74, 6) is 2.67. The lowest BCUT2D eigenvalue weighted by Gasteiger charge is -2.24. The van der Waals surface area contributed by atoms with Crippen LogP contribution in [-0.2, 0) is 6.54 Å². The number of nitrogens with one attached hydrogen (secondary N) is 1. The summed E-state index contributed by atoms with van der Waals surface area (Å²) in [4.78, 5) is 8.88. The summed E-state index contributed by atoms with van der Waals surface area (Å²) in [5, 5.41) is 11.8. The van der Waals surface area contributed by atoms with Gasteiger partial charge in [-0.1, -0.05) is 19.3 Å². The Morgan fingerprint density at radius 2 is 1.91 bits per heavy atom. The molecule has 1 aliphatic rings. The normalized spacial score (nSPS) is 16.0. The van der Waals surface area contributed by atoms with Crippen molar-refractivity contribution >= 4 is 5.82 Å². The van der Waals surface area contributed by atoms with E-state index in [9.17, 15) is 0 Å². The Bertz CT molecular complexity index is 642. The van der Waals surface area contributed by atoms with Crippen molar-refractivity contribution in [2.24, 2.45) is 0 Å². The van der Waals surface area contributed by atoms with Crippen molar-refractivity contribution < 1.29 is 0 Å². The van der Waals surface area contributed by atoms with Crippen LogP contribution < -0.4 is 5.32 Å². The zero-order chi connectivity index (χ0) is 15.5. The Hall–Kier alpha value is -1.98. The monoisotopic (exact) mass is 300 g/mol. The minimum absolute atomic E-state index is 0.551. The highest BCUT2D eigenvalue weighted by molar-refractivity contribution is 5.45. The second-order valence-corrected chi connectivity index (χ2v) is 6.13. The van der Waals surface area contributed by atoms with Gasteiger partial charge in [-0.25, -0.2) is 9.97 Å². The Balaban J connectivity index is 1.73. The highest BCUT2D eigenvalue weighted by Gasteiger charge is 2.18. The second-order valence-electron chi connectivity index (χ2n) is 6.13. The summed E-state index contributed by atoms with van der Waals surface area (Å²) in [5.41, 5.74) is 2.11. The first-order valence-corrected chi connectivity index (χ1v) is 8.09. The molecule has 22 heavy (non-hydrogen) atoms. The van der Waals surface area contributed by atoms with E-state index in [1.165, 1.54) is 32.1 Å². The molecular weight excluding hydrogens is 276 g/mol. The fourth-order valence-corrected chi connectivity index (χ4v) is 3.16. The second kappa shape index (κ2) is 6.42. The van der Waals surface area contributed by atoms with E-state index < -0.39 is 0 Å². The minimum Gasteiger partial charge on any atom is -0.362 e. The highest BCUT2D eigenvalue weighted by Crippen LogP contribution is 2.28. The fourth-order valence-electron chi connectivity index (χ4n) is 3.16. The van der Waals surface area contributed by atoms with E-state index >= 15 is 0 Å². The van der Waals surface area contributed by atoms with Crippen molar-refractivity contribution in [1.29, 1.82) is 0 Å². The smallest absolute Gasteiger partial charge is 0.152 e. The van der Waals surface area contributed by atoms with Crippen molar-refractivity contribution in [3.8, 4) is 0 Å². The van der Waals surface area contributed by atoms with E-state index in [0.717, 1.165) is 28.7 Å². The summed E-state index contributed by atoms with van der Waals surface area (Å²) in [6.45, 7) is 6.62. The van der Waals surface area contributed by atoms with Crippen molar-refractivity contribution in [3.63, 3.8) is 0 Å². The molecule has 0 amide bonds. The van der Waals surface area contributed by atoms with Crippen molar-refractivity contribution in [2.45, 2.75) is 65.5 Å². The molecule has 0 saturated heterocycles. The van der Waals surface area contributed by atoms with Gasteiger partial charge in [0.15, 0.2) is 5.82 Å². The van der Waals surface area contributed by atoms with Crippen LogP contribution in [0.4, 0.5) is 5.82 Å². The third kappa shape index (κ3) is 3.10. The lowest BCUT2D eigenvalue weighted by Crippen LogP contribution is -2.17. The third-order valence-corrected chi connectivity index (χ3v) is 4.53. The molecule has 1 N–H and O–H groups in total. The predicted octanol–water partition coefficient (Wildman–Crippen LogP) is 3.11. The summed E-state index contributed by atoms with van der Waals surface area (Å²) >= 11 is 0. The topological polar surface area (TPSA) is 68.5 Å². The summed E-state index contributed by atoms with van der Waals surface area (Å²) in [6, 6.07) is 0.551. The Kier molecular flexibility index (Phi) is 4.36. The number of nitrogens with zero attached hydrogens (tertiary/aromatic N) is 5. The molecule has 0 bridgehead atoms. The summed E-state index contributed by atoms with van der Waals surface area (Å²) < 4.78 is 2.24. The number of anilines is 1. The maximum atomic E-state index is 4.50. The Labute approximate surface area is 131 Å². The van der Waals surface area contributed by atoms with Crippen LogP contribution in [0.25, 0.3) is 0 Å². The first-order chi connectivity index (χ1) is 10.6. The molecular formula is C16H24N6. The van der Waals surface area contributed by atoms with Crippen molar-refractivity contribution in [1.82, 2.24) is 24.7 Å². The molecule has 1 aliphatic carbocycles. The predicted molar refractivity (Wildman–Crippen MR) is 85.7 cm³/mol. The SMILES string of the molecule is Cc1nc(C)c(C)c(NCc2nncn2C2CCCCC2)n1. The van der Waals surface area contributed by atoms with E-state index in [1.807, 2.05) is 27.1 Å². The van der Waals surface area contributed by atoms with Gasteiger partial charge < -0.3 is 9.88 Å². The highest BCUT2D eigenvalue weighted by atomic mass is 15.3. The largest absolute Gasteiger partial charge is 0.362 e. The molecule has 6 heteroatoms. The van der Waals surface area contributed by atoms with E-state index in [1.54, 1.807) is 0 Å². The first-order valence-electron chi connectivity index (χ1n) is 8.09. The van der Waals surface area contributed by atoms with E-state index in [4.69, 9.17) is 0 Å². The average molecular weight is 300 g/mol. The van der Waals surface area contributed by atoms with Gasteiger partial charge in [0.25, 0.3) is 0 Å². The molecule has 1 saturated carbocycles. The molecule has 0 aliphatic heterocycles. The van der Waals surface area contributed by atoms with Gasteiger partial charge in [-0.3, -0.25) is 0 Å². The van der Waals surface area contributed by atoms with Gasteiger partial charge in [0.1, 0.15) is 18.0 Å². The van der Waals surface area contributed by atoms with Gasteiger partial charge in [-0.15, -0.1) is 10.2 Å². The maximum absolute atomic E-state index is 4.50. The minimum atomic E-state index is 0.551. The van der Waals surface area contributed by atoms with Crippen LogP contribution in [0.3, 0.4) is 0 Å². The van der Waals surface area contributed by atoms with Crippen LogP contribution in [0, 0.1) is 20.8 Å². The summed E-state index contributed by atoms with van der Waals surface area (Å²) in [6.07, 6.45) is 8.30. The first kappa shape index (κ1) is 14.9.